The van der Waals surface area contributed by atoms with Gasteiger partial charge in [-0.2, -0.15) is 0 Å². The van der Waals surface area contributed by atoms with Crippen LogP contribution in [0.2, 0.25) is 0 Å². The Morgan fingerprint density at radius 3 is 1.16 bits per heavy atom. The SMILES string of the molecule is CCCCCCCCCCCCCCCCCCCCCCCCCCCc1cccc(S(=O)(=O)[O-])c1.[Na+]. The Labute approximate surface area is 259 Å². The maximum Gasteiger partial charge on any atom is 1.00 e. The summed E-state index contributed by atoms with van der Waals surface area (Å²) in [6.45, 7) is 2.29. The van der Waals surface area contributed by atoms with Gasteiger partial charge >= 0.3 is 29.6 Å². The fourth-order valence-corrected chi connectivity index (χ4v) is 5.87. The van der Waals surface area contributed by atoms with Gasteiger partial charge in [0.2, 0.25) is 0 Å². The smallest absolute Gasteiger partial charge is 0.744 e. The molecule has 0 heterocycles. The van der Waals surface area contributed by atoms with Gasteiger partial charge in [-0.3, -0.25) is 0 Å². The Kier molecular flexibility index (Phi) is 27.4. The van der Waals surface area contributed by atoms with Gasteiger partial charge in [-0.05, 0) is 30.5 Å². The van der Waals surface area contributed by atoms with Gasteiger partial charge in [0, 0.05) is 0 Å². The van der Waals surface area contributed by atoms with Crippen molar-refractivity contribution in [2.75, 3.05) is 0 Å². The van der Waals surface area contributed by atoms with Crippen molar-refractivity contribution in [3.8, 4) is 0 Å². The molecule has 0 N–H and O–H groups in total. The van der Waals surface area contributed by atoms with Crippen LogP contribution in [0.4, 0.5) is 0 Å². The maximum atomic E-state index is 11.1. The van der Waals surface area contributed by atoms with Crippen LogP contribution in [0.3, 0.4) is 0 Å². The van der Waals surface area contributed by atoms with Crippen molar-refractivity contribution in [2.45, 2.75) is 179 Å². The van der Waals surface area contributed by atoms with Crippen molar-refractivity contribution >= 4 is 10.1 Å². The van der Waals surface area contributed by atoms with Crippen molar-refractivity contribution in [1.82, 2.24) is 0 Å². The first-order valence-electron chi connectivity index (χ1n) is 16.1. The molecular weight excluding hydrogens is 499 g/mol. The van der Waals surface area contributed by atoms with Crippen LogP contribution in [-0.2, 0) is 16.5 Å². The first-order chi connectivity index (χ1) is 18.0. The molecule has 0 aliphatic heterocycles. The van der Waals surface area contributed by atoms with Gasteiger partial charge in [0.15, 0.2) is 0 Å². The van der Waals surface area contributed by atoms with Crippen LogP contribution in [0.5, 0.6) is 0 Å². The van der Waals surface area contributed by atoms with Crippen molar-refractivity contribution in [2.24, 2.45) is 0 Å². The molecule has 216 valence electrons. The topological polar surface area (TPSA) is 57.2 Å². The van der Waals surface area contributed by atoms with Crippen LogP contribution >= 0.6 is 0 Å². The molecule has 0 atom stereocenters. The molecule has 0 unspecified atom stereocenters. The maximum absolute atomic E-state index is 11.1. The minimum absolute atomic E-state index is 0. The third-order valence-electron chi connectivity index (χ3n) is 7.76. The summed E-state index contributed by atoms with van der Waals surface area (Å²) in [6, 6.07) is 6.49. The van der Waals surface area contributed by atoms with Gasteiger partial charge in [-0.25, -0.2) is 8.42 Å². The summed E-state index contributed by atoms with van der Waals surface area (Å²) in [6.07, 6.45) is 35.6. The van der Waals surface area contributed by atoms with E-state index in [-0.39, 0.29) is 34.5 Å². The van der Waals surface area contributed by atoms with Gasteiger partial charge in [-0.1, -0.05) is 173 Å². The number of rotatable bonds is 27. The van der Waals surface area contributed by atoms with Gasteiger partial charge in [0.05, 0.1) is 4.90 Å². The molecular formula is C33H59NaO3S. The summed E-state index contributed by atoms with van der Waals surface area (Å²) >= 11 is 0. The van der Waals surface area contributed by atoms with Crippen molar-refractivity contribution in [1.29, 1.82) is 0 Å². The van der Waals surface area contributed by atoms with E-state index in [0.29, 0.717) is 0 Å². The molecule has 0 spiro atoms. The minimum Gasteiger partial charge on any atom is -0.744 e. The second kappa shape index (κ2) is 27.3. The molecule has 0 fully saturated rings. The summed E-state index contributed by atoms with van der Waals surface area (Å²) in [7, 11) is -4.34. The van der Waals surface area contributed by atoms with Crippen LogP contribution in [0, 0.1) is 0 Å². The van der Waals surface area contributed by atoms with E-state index in [4.69, 9.17) is 0 Å². The summed E-state index contributed by atoms with van der Waals surface area (Å²) in [5.41, 5.74) is 0.950. The Hall–Kier alpha value is 0.130. The summed E-state index contributed by atoms with van der Waals surface area (Å²) in [5, 5.41) is 0. The average molecular weight is 559 g/mol. The molecule has 0 aromatic heterocycles. The zero-order chi connectivity index (χ0) is 26.9. The third-order valence-corrected chi connectivity index (χ3v) is 8.59. The molecule has 0 radical (unpaired) electrons. The number of aryl methyl sites for hydroxylation is 1. The van der Waals surface area contributed by atoms with E-state index in [1.165, 1.54) is 166 Å². The first kappa shape index (κ1) is 38.1. The summed E-state index contributed by atoms with van der Waals surface area (Å²) < 4.78 is 33.4. The Balaban J connectivity index is 0.0000137. The van der Waals surface area contributed by atoms with Crippen molar-refractivity contribution < 1.29 is 42.5 Å². The van der Waals surface area contributed by atoms with Crippen molar-refractivity contribution in [3.05, 3.63) is 29.8 Å². The fraction of sp³-hybridized carbons (Fsp3) is 0.818. The first-order valence-corrected chi connectivity index (χ1v) is 17.5. The molecule has 0 bridgehead atoms. The molecule has 5 heteroatoms. The Bertz CT molecular complexity index is 736. The molecule has 0 saturated carbocycles. The molecule has 0 saturated heterocycles. The van der Waals surface area contributed by atoms with E-state index in [0.717, 1.165) is 18.4 Å². The monoisotopic (exact) mass is 558 g/mol. The number of hydrogen-bond donors (Lipinski definition) is 0. The molecule has 0 aliphatic carbocycles. The largest absolute Gasteiger partial charge is 1.00 e. The molecule has 0 aliphatic rings. The molecule has 1 aromatic carbocycles. The van der Waals surface area contributed by atoms with E-state index < -0.39 is 10.1 Å². The third kappa shape index (κ3) is 24.0. The normalized spacial score (nSPS) is 11.5. The molecule has 1 rings (SSSR count). The number of hydrogen-bond acceptors (Lipinski definition) is 3. The van der Waals surface area contributed by atoms with Crippen LogP contribution in [0.15, 0.2) is 29.2 Å². The number of unbranched alkanes of at least 4 members (excludes halogenated alkanes) is 24. The standard InChI is InChI=1S/C33H60O3S.Na/c1-2-3-4-5-6-7-8-9-10-11-12-13-14-15-16-17-18-19-20-21-22-23-24-25-26-28-32-29-27-30-33(31-32)37(34,35)36;/h27,29-31H,2-26,28H2,1H3,(H,34,35,36);/q;+1/p-1. The van der Waals surface area contributed by atoms with Crippen LogP contribution in [-0.4, -0.2) is 13.0 Å². The quantitative estimate of drug-likeness (QED) is 0.0626. The average Bonchev–Trinajstić information content (AvgIpc) is 2.88. The Morgan fingerprint density at radius 2 is 0.842 bits per heavy atom. The van der Waals surface area contributed by atoms with Crippen LogP contribution in [0.25, 0.3) is 0 Å². The number of benzene rings is 1. The van der Waals surface area contributed by atoms with E-state index in [1.807, 2.05) is 6.07 Å². The van der Waals surface area contributed by atoms with Crippen LogP contribution in [0.1, 0.15) is 173 Å². The zero-order valence-corrected chi connectivity index (χ0v) is 28.1. The zero-order valence-electron chi connectivity index (χ0n) is 25.3. The fourth-order valence-electron chi connectivity index (χ4n) is 5.32. The summed E-state index contributed by atoms with van der Waals surface area (Å²) in [5.74, 6) is 0. The summed E-state index contributed by atoms with van der Waals surface area (Å²) in [4.78, 5) is -0.107. The second-order valence-electron chi connectivity index (χ2n) is 11.3. The van der Waals surface area contributed by atoms with Crippen molar-refractivity contribution in [3.63, 3.8) is 0 Å². The van der Waals surface area contributed by atoms with E-state index in [1.54, 1.807) is 6.07 Å². The minimum atomic E-state index is -4.34. The second-order valence-corrected chi connectivity index (χ2v) is 12.7. The Morgan fingerprint density at radius 1 is 0.526 bits per heavy atom. The molecule has 0 amide bonds. The van der Waals surface area contributed by atoms with Gasteiger partial charge < -0.3 is 4.55 Å². The van der Waals surface area contributed by atoms with E-state index in [2.05, 4.69) is 6.92 Å². The predicted octanol–water partition coefficient (Wildman–Crippen LogP) is 7.91. The molecule has 3 nitrogen and oxygen atoms in total. The van der Waals surface area contributed by atoms with Crippen LogP contribution < -0.4 is 29.6 Å². The van der Waals surface area contributed by atoms with Gasteiger partial charge in [0.25, 0.3) is 0 Å². The van der Waals surface area contributed by atoms with Gasteiger partial charge in [0.1, 0.15) is 10.1 Å². The van der Waals surface area contributed by atoms with E-state index >= 15 is 0 Å². The molecule has 1 aromatic rings. The molecule has 38 heavy (non-hydrogen) atoms. The van der Waals surface area contributed by atoms with E-state index in [9.17, 15) is 13.0 Å². The van der Waals surface area contributed by atoms with Gasteiger partial charge in [-0.15, -0.1) is 0 Å². The predicted molar refractivity (Wildman–Crippen MR) is 159 cm³/mol.